The summed E-state index contributed by atoms with van der Waals surface area (Å²) >= 11 is 0. The fraction of sp³-hybridized carbons (Fsp3) is 0.167. The number of carbonyl (C=O) groups excluding carboxylic acids is 2. The van der Waals surface area contributed by atoms with E-state index in [1.54, 1.807) is 31.3 Å². The van der Waals surface area contributed by atoms with Crippen molar-refractivity contribution in [3.8, 4) is 0 Å². The van der Waals surface area contributed by atoms with E-state index in [2.05, 4.69) is 15.3 Å². The molecule has 7 nitrogen and oxygen atoms in total. The van der Waals surface area contributed by atoms with E-state index in [0.29, 0.717) is 16.7 Å². The minimum absolute atomic E-state index is 0.127. The zero-order chi connectivity index (χ0) is 21.8. The van der Waals surface area contributed by atoms with Gasteiger partial charge in [-0.3, -0.25) is 14.4 Å². The number of aromatic amines is 1. The zero-order valence-electron chi connectivity index (χ0n) is 17.1. The van der Waals surface area contributed by atoms with Crippen LogP contribution in [0.2, 0.25) is 0 Å². The molecule has 7 heteroatoms. The molecule has 3 aromatic carbocycles. The number of rotatable bonds is 6. The van der Waals surface area contributed by atoms with Gasteiger partial charge in [-0.2, -0.15) is 0 Å². The number of aromatic nitrogens is 2. The van der Waals surface area contributed by atoms with Crippen LogP contribution in [0.3, 0.4) is 0 Å². The Morgan fingerprint density at radius 1 is 0.968 bits per heavy atom. The van der Waals surface area contributed by atoms with E-state index < -0.39 is 0 Å². The summed E-state index contributed by atoms with van der Waals surface area (Å²) in [6.07, 6.45) is 0.192. The molecule has 1 heterocycles. The summed E-state index contributed by atoms with van der Waals surface area (Å²) in [5, 5.41) is 5.27. The Morgan fingerprint density at radius 3 is 2.52 bits per heavy atom. The average molecular weight is 414 g/mol. The zero-order valence-corrected chi connectivity index (χ0v) is 17.1. The number of nitrogens with one attached hydrogen (secondary N) is 2. The molecule has 0 saturated carbocycles. The van der Waals surface area contributed by atoms with Crippen molar-refractivity contribution in [2.45, 2.75) is 13.0 Å². The molecule has 2 N–H and O–H groups in total. The van der Waals surface area contributed by atoms with Crippen LogP contribution in [0.4, 0.5) is 0 Å². The Morgan fingerprint density at radius 2 is 1.68 bits per heavy atom. The quantitative estimate of drug-likeness (QED) is 0.506. The van der Waals surface area contributed by atoms with Crippen LogP contribution in [-0.4, -0.2) is 40.3 Å². The van der Waals surface area contributed by atoms with E-state index in [1.165, 1.54) is 4.90 Å². The molecule has 0 radical (unpaired) electrons. The maximum absolute atomic E-state index is 12.5. The summed E-state index contributed by atoms with van der Waals surface area (Å²) in [5.74, 6) is -0.112. The van der Waals surface area contributed by atoms with Crippen LogP contribution in [0.25, 0.3) is 21.7 Å². The van der Waals surface area contributed by atoms with Gasteiger partial charge in [0.05, 0.1) is 30.4 Å². The monoisotopic (exact) mass is 414 g/mol. The molecule has 4 aromatic rings. The van der Waals surface area contributed by atoms with Crippen LogP contribution in [0.15, 0.2) is 71.5 Å². The molecule has 156 valence electrons. The van der Waals surface area contributed by atoms with Gasteiger partial charge in [0.2, 0.25) is 11.8 Å². The van der Waals surface area contributed by atoms with E-state index in [-0.39, 0.29) is 36.9 Å². The maximum atomic E-state index is 12.5. The number of carbonyl (C=O) groups is 2. The third-order valence-corrected chi connectivity index (χ3v) is 5.14. The highest BCUT2D eigenvalue weighted by Gasteiger charge is 2.14. The SMILES string of the molecule is CN(Cc1nc2ccccc2c(=O)[nH]1)C(=O)CNC(=O)Cc1cccc2ccccc12. The fourth-order valence-corrected chi connectivity index (χ4v) is 3.51. The summed E-state index contributed by atoms with van der Waals surface area (Å²) in [5.41, 5.74) is 1.24. The maximum Gasteiger partial charge on any atom is 0.258 e. The molecule has 0 bridgehead atoms. The molecular weight excluding hydrogens is 392 g/mol. The number of nitrogens with zero attached hydrogens (tertiary/aromatic N) is 2. The van der Waals surface area contributed by atoms with Crippen molar-refractivity contribution in [3.05, 3.63) is 88.5 Å². The van der Waals surface area contributed by atoms with Crippen molar-refractivity contribution in [2.24, 2.45) is 0 Å². The van der Waals surface area contributed by atoms with E-state index in [1.807, 2.05) is 42.5 Å². The van der Waals surface area contributed by atoms with Gasteiger partial charge in [-0.25, -0.2) is 4.98 Å². The predicted octanol–water partition coefficient (Wildman–Crippen LogP) is 2.39. The molecule has 0 aliphatic carbocycles. The molecule has 0 fully saturated rings. The van der Waals surface area contributed by atoms with Gasteiger partial charge in [0, 0.05) is 7.05 Å². The van der Waals surface area contributed by atoms with Crippen LogP contribution in [0.1, 0.15) is 11.4 Å². The highest BCUT2D eigenvalue weighted by Crippen LogP contribution is 2.18. The lowest BCUT2D eigenvalue weighted by atomic mass is 10.0. The Kier molecular flexibility index (Phi) is 5.75. The van der Waals surface area contributed by atoms with Crippen molar-refractivity contribution in [1.29, 1.82) is 0 Å². The number of hydrogen-bond acceptors (Lipinski definition) is 4. The van der Waals surface area contributed by atoms with E-state index in [0.717, 1.165) is 16.3 Å². The first-order chi connectivity index (χ1) is 15.0. The van der Waals surface area contributed by atoms with Crippen molar-refractivity contribution < 1.29 is 9.59 Å². The molecule has 0 atom stereocenters. The molecule has 0 aliphatic heterocycles. The van der Waals surface area contributed by atoms with Crippen molar-refractivity contribution >= 4 is 33.5 Å². The standard InChI is InChI=1S/C24H22N4O3/c1-28(15-21-26-20-12-5-4-11-19(20)24(31)27-21)23(30)14-25-22(29)13-17-9-6-8-16-7-2-3-10-18(16)17/h2-12H,13-15H2,1H3,(H,25,29)(H,26,27,31). The van der Waals surface area contributed by atoms with Gasteiger partial charge in [-0.1, -0.05) is 54.6 Å². The number of para-hydroxylation sites is 1. The minimum atomic E-state index is -0.276. The summed E-state index contributed by atoms with van der Waals surface area (Å²) in [6.45, 7) is 0.00993. The smallest absolute Gasteiger partial charge is 0.258 e. The van der Waals surface area contributed by atoms with E-state index >= 15 is 0 Å². The highest BCUT2D eigenvalue weighted by molar-refractivity contribution is 5.91. The second-order valence-corrected chi connectivity index (χ2v) is 7.37. The van der Waals surface area contributed by atoms with Crippen molar-refractivity contribution in [1.82, 2.24) is 20.2 Å². The third-order valence-electron chi connectivity index (χ3n) is 5.14. The second-order valence-electron chi connectivity index (χ2n) is 7.37. The van der Waals surface area contributed by atoms with E-state index in [4.69, 9.17) is 0 Å². The molecule has 2 amide bonds. The van der Waals surface area contributed by atoms with Gasteiger partial charge < -0.3 is 15.2 Å². The number of benzene rings is 3. The topological polar surface area (TPSA) is 95.2 Å². The Hall–Kier alpha value is -4.00. The van der Waals surface area contributed by atoms with Crippen LogP contribution in [0.5, 0.6) is 0 Å². The van der Waals surface area contributed by atoms with Crippen LogP contribution in [-0.2, 0) is 22.6 Å². The largest absolute Gasteiger partial charge is 0.347 e. The molecular formula is C24H22N4O3. The summed E-state index contributed by atoms with van der Waals surface area (Å²) in [7, 11) is 1.61. The number of amides is 2. The lowest BCUT2D eigenvalue weighted by Crippen LogP contribution is -2.38. The van der Waals surface area contributed by atoms with Gasteiger partial charge >= 0.3 is 0 Å². The normalized spacial score (nSPS) is 10.9. The third kappa shape index (κ3) is 4.61. The summed E-state index contributed by atoms with van der Waals surface area (Å²) in [4.78, 5) is 45.6. The summed E-state index contributed by atoms with van der Waals surface area (Å²) in [6, 6.07) is 20.7. The minimum Gasteiger partial charge on any atom is -0.347 e. The summed E-state index contributed by atoms with van der Waals surface area (Å²) < 4.78 is 0. The Labute approximate surface area is 178 Å². The number of likely N-dealkylation sites (N-methyl/N-ethyl adjacent to an activating group) is 1. The van der Waals surface area contributed by atoms with Crippen LogP contribution < -0.4 is 10.9 Å². The fourth-order valence-electron chi connectivity index (χ4n) is 3.51. The van der Waals surface area contributed by atoms with E-state index in [9.17, 15) is 14.4 Å². The lowest BCUT2D eigenvalue weighted by molar-refractivity contribution is -0.132. The first-order valence-corrected chi connectivity index (χ1v) is 9.96. The first-order valence-electron chi connectivity index (χ1n) is 9.96. The molecule has 0 unspecified atom stereocenters. The van der Waals surface area contributed by atoms with Crippen molar-refractivity contribution in [2.75, 3.05) is 13.6 Å². The molecule has 0 saturated heterocycles. The molecule has 1 aromatic heterocycles. The number of fused-ring (bicyclic) bond motifs is 2. The lowest BCUT2D eigenvalue weighted by Gasteiger charge is -2.17. The van der Waals surface area contributed by atoms with Gasteiger partial charge in [0.25, 0.3) is 5.56 Å². The van der Waals surface area contributed by atoms with Crippen LogP contribution >= 0.6 is 0 Å². The molecule has 31 heavy (non-hydrogen) atoms. The van der Waals surface area contributed by atoms with Gasteiger partial charge in [0.15, 0.2) is 0 Å². The number of hydrogen-bond donors (Lipinski definition) is 2. The predicted molar refractivity (Wildman–Crippen MR) is 119 cm³/mol. The Balaban J connectivity index is 1.36. The van der Waals surface area contributed by atoms with Crippen molar-refractivity contribution in [3.63, 3.8) is 0 Å². The average Bonchev–Trinajstić information content (AvgIpc) is 2.78. The number of H-pyrrole nitrogens is 1. The molecule has 0 aliphatic rings. The van der Waals surface area contributed by atoms with Crippen LogP contribution in [0, 0.1) is 0 Å². The van der Waals surface area contributed by atoms with Gasteiger partial charge in [0.1, 0.15) is 5.82 Å². The molecule has 0 spiro atoms. The first kappa shape index (κ1) is 20.3. The molecule has 4 rings (SSSR count). The second kappa shape index (κ2) is 8.79. The highest BCUT2D eigenvalue weighted by atomic mass is 16.2. The van der Waals surface area contributed by atoms with Gasteiger partial charge in [-0.15, -0.1) is 0 Å². The van der Waals surface area contributed by atoms with Gasteiger partial charge in [-0.05, 0) is 28.5 Å². The Bertz CT molecular complexity index is 1320.